The molecule has 0 saturated carbocycles. The van der Waals surface area contributed by atoms with Crippen LogP contribution in [0.15, 0.2) is 121 Å². The molecule has 0 saturated heterocycles. The van der Waals surface area contributed by atoms with E-state index >= 15 is 0 Å². The molecule has 47 heavy (non-hydrogen) atoms. The number of hydrogen-bond donors (Lipinski definition) is 0. The van der Waals surface area contributed by atoms with Crippen LogP contribution in [0, 0.1) is 55.4 Å². The first kappa shape index (κ1) is 33.1. The minimum Gasteiger partial charge on any atom is -0.0587 e. The fourth-order valence-electron chi connectivity index (χ4n) is 6.72. The maximum absolute atomic E-state index is 2.50. The van der Waals surface area contributed by atoms with Crippen LogP contribution in [-0.2, 0) is 6.42 Å². The Kier molecular flexibility index (Phi) is 9.94. The fourth-order valence-corrected chi connectivity index (χ4v) is 11.9. The minimum absolute atomic E-state index is 0.667. The average molecular weight is 649 g/mol. The monoisotopic (exact) mass is 648 g/mol. The molecule has 0 bridgehead atoms. The van der Waals surface area contributed by atoms with Crippen LogP contribution >= 0.6 is 15.8 Å². The van der Waals surface area contributed by atoms with Gasteiger partial charge in [-0.2, -0.15) is 0 Å². The molecule has 0 nitrogen and oxygen atoms in total. The van der Waals surface area contributed by atoms with Crippen molar-refractivity contribution in [1.29, 1.82) is 0 Å². The molecule has 0 heterocycles. The van der Waals surface area contributed by atoms with Crippen molar-refractivity contribution in [3.63, 3.8) is 0 Å². The molecule has 0 aromatic heterocycles. The van der Waals surface area contributed by atoms with E-state index < -0.39 is 15.8 Å². The number of aryl methyl sites for hydroxylation is 8. The summed E-state index contributed by atoms with van der Waals surface area (Å²) in [5.74, 6) is 0. The van der Waals surface area contributed by atoms with Gasteiger partial charge in [0.15, 0.2) is 0 Å². The molecular formula is C45H46P2. The first-order valence-corrected chi connectivity index (χ1v) is 19.3. The normalized spacial score (nSPS) is 11.4. The second-order valence-electron chi connectivity index (χ2n) is 13.5. The first-order chi connectivity index (χ1) is 22.5. The summed E-state index contributed by atoms with van der Waals surface area (Å²) < 4.78 is 0. The molecule has 0 fully saturated rings. The minimum atomic E-state index is -0.705. The van der Waals surface area contributed by atoms with E-state index in [9.17, 15) is 0 Å². The Hall–Kier alpha value is -3.82. The molecule has 0 radical (unpaired) electrons. The number of rotatable bonds is 8. The maximum atomic E-state index is 2.50. The van der Waals surface area contributed by atoms with E-state index in [4.69, 9.17) is 0 Å². The highest BCUT2D eigenvalue weighted by Crippen LogP contribution is 2.36. The van der Waals surface area contributed by atoms with E-state index in [1.165, 1.54) is 87.5 Å². The second-order valence-corrected chi connectivity index (χ2v) is 17.9. The van der Waals surface area contributed by atoms with Gasteiger partial charge in [-0.05, 0) is 126 Å². The van der Waals surface area contributed by atoms with Gasteiger partial charge in [0.05, 0.1) is 0 Å². The molecule has 236 valence electrons. The van der Waals surface area contributed by atoms with Gasteiger partial charge in [-0.3, -0.25) is 0 Å². The van der Waals surface area contributed by atoms with Gasteiger partial charge in [-0.25, -0.2) is 0 Å². The van der Waals surface area contributed by atoms with E-state index in [-0.39, 0.29) is 0 Å². The van der Waals surface area contributed by atoms with Crippen LogP contribution in [0.2, 0.25) is 0 Å². The molecule has 6 rings (SSSR count). The topological polar surface area (TPSA) is 0 Å². The molecule has 6 aromatic carbocycles. The smallest absolute Gasteiger partial charge is 0.00226 e. The average Bonchev–Trinajstić information content (AvgIpc) is 3.00. The maximum Gasteiger partial charge on any atom is -0.00226 e. The SMILES string of the molecule is Cc1ccc(P(c2ccc(C)cc2)c2ccc(C)c(Cc3cc(C)cc(P(c4cc(C)cc(C)c4)c4cc(C)cc(C)c4)c3)c2)cc1. The van der Waals surface area contributed by atoms with Crippen LogP contribution in [0.4, 0.5) is 0 Å². The van der Waals surface area contributed by atoms with Gasteiger partial charge in [0.25, 0.3) is 0 Å². The van der Waals surface area contributed by atoms with Crippen molar-refractivity contribution >= 4 is 47.7 Å². The highest BCUT2D eigenvalue weighted by Gasteiger charge is 2.21. The fraction of sp³-hybridized carbons (Fsp3) is 0.200. The highest BCUT2D eigenvalue weighted by molar-refractivity contribution is 7.80. The largest absolute Gasteiger partial charge is 0.0587 e. The third kappa shape index (κ3) is 7.84. The molecule has 0 N–H and O–H groups in total. The van der Waals surface area contributed by atoms with Gasteiger partial charge in [-0.15, -0.1) is 0 Å². The molecule has 6 aromatic rings. The van der Waals surface area contributed by atoms with Crippen molar-refractivity contribution in [1.82, 2.24) is 0 Å². The Morgan fingerprint density at radius 2 is 0.702 bits per heavy atom. The number of hydrogen-bond acceptors (Lipinski definition) is 0. The number of benzene rings is 6. The zero-order valence-electron chi connectivity index (χ0n) is 29.1. The molecule has 0 atom stereocenters. The van der Waals surface area contributed by atoms with Gasteiger partial charge in [0.1, 0.15) is 0 Å². The molecular weight excluding hydrogens is 602 g/mol. The molecule has 0 unspecified atom stereocenters. The lowest BCUT2D eigenvalue weighted by Crippen LogP contribution is -2.23. The van der Waals surface area contributed by atoms with Crippen LogP contribution in [0.5, 0.6) is 0 Å². The molecule has 0 aliphatic carbocycles. The molecule has 0 aliphatic rings. The Morgan fingerprint density at radius 1 is 0.319 bits per heavy atom. The lowest BCUT2D eigenvalue weighted by molar-refractivity contribution is 1.16. The zero-order chi connectivity index (χ0) is 33.2. The van der Waals surface area contributed by atoms with Crippen LogP contribution in [0.1, 0.15) is 55.6 Å². The Labute approximate surface area is 285 Å². The summed E-state index contributed by atoms with van der Waals surface area (Å²) in [7, 11) is -1.37. The van der Waals surface area contributed by atoms with E-state index in [0.29, 0.717) is 0 Å². The van der Waals surface area contributed by atoms with E-state index in [0.717, 1.165) is 6.42 Å². The molecule has 0 aliphatic heterocycles. The Balaban J connectivity index is 1.43. The summed E-state index contributed by atoms with van der Waals surface area (Å²) in [6, 6.07) is 47.1. The Bertz CT molecular complexity index is 1900. The van der Waals surface area contributed by atoms with Gasteiger partial charge in [0, 0.05) is 0 Å². The van der Waals surface area contributed by atoms with E-state index in [1.54, 1.807) is 0 Å². The third-order valence-corrected chi connectivity index (χ3v) is 13.6. The van der Waals surface area contributed by atoms with Crippen molar-refractivity contribution in [2.24, 2.45) is 0 Å². The van der Waals surface area contributed by atoms with Gasteiger partial charge >= 0.3 is 0 Å². The Morgan fingerprint density at radius 3 is 1.17 bits per heavy atom. The highest BCUT2D eigenvalue weighted by atomic mass is 31.1. The summed E-state index contributed by atoms with van der Waals surface area (Å²) in [5.41, 5.74) is 13.4. The van der Waals surface area contributed by atoms with Crippen molar-refractivity contribution < 1.29 is 0 Å². The van der Waals surface area contributed by atoms with Crippen molar-refractivity contribution in [3.05, 3.63) is 177 Å². The predicted molar refractivity (Wildman–Crippen MR) is 211 cm³/mol. The van der Waals surface area contributed by atoms with Crippen LogP contribution in [-0.4, -0.2) is 0 Å². The lowest BCUT2D eigenvalue weighted by atomic mass is 9.99. The molecule has 0 amide bonds. The lowest BCUT2D eigenvalue weighted by Gasteiger charge is -2.23. The summed E-state index contributed by atoms with van der Waals surface area (Å²) in [5, 5.41) is 8.50. The first-order valence-electron chi connectivity index (χ1n) is 16.6. The van der Waals surface area contributed by atoms with Gasteiger partial charge in [0.2, 0.25) is 0 Å². The molecule has 2 heteroatoms. The predicted octanol–water partition coefficient (Wildman–Crippen LogP) is 9.26. The van der Waals surface area contributed by atoms with E-state index in [2.05, 4.69) is 177 Å². The van der Waals surface area contributed by atoms with Crippen molar-refractivity contribution in [2.75, 3.05) is 0 Å². The summed E-state index contributed by atoms with van der Waals surface area (Å²) in [6.45, 7) is 17.8. The van der Waals surface area contributed by atoms with E-state index in [1.807, 2.05) is 0 Å². The van der Waals surface area contributed by atoms with Gasteiger partial charge < -0.3 is 0 Å². The summed E-state index contributed by atoms with van der Waals surface area (Å²) in [4.78, 5) is 0. The second kappa shape index (κ2) is 14.1. The van der Waals surface area contributed by atoms with Crippen molar-refractivity contribution in [3.8, 4) is 0 Å². The van der Waals surface area contributed by atoms with Crippen LogP contribution < -0.4 is 31.8 Å². The van der Waals surface area contributed by atoms with Gasteiger partial charge in [-0.1, -0.05) is 160 Å². The zero-order valence-corrected chi connectivity index (χ0v) is 30.9. The van der Waals surface area contributed by atoms with Crippen LogP contribution in [0.25, 0.3) is 0 Å². The third-order valence-electron chi connectivity index (χ3n) is 8.88. The van der Waals surface area contributed by atoms with Crippen LogP contribution in [0.3, 0.4) is 0 Å². The van der Waals surface area contributed by atoms with Crippen molar-refractivity contribution in [2.45, 2.75) is 61.8 Å². The summed E-state index contributed by atoms with van der Waals surface area (Å²) in [6.07, 6.45) is 0.919. The molecule has 0 spiro atoms. The standard InChI is InChI=1S/C45H46P2/c1-30-9-14-40(15-10-30)46(41-16-11-31(2)12-17-41)42-18-13-37(8)39(29-42)27-38-21-36(7)26-45(28-38)47(43-22-32(3)19-33(4)23-43)44-24-34(5)20-35(6)25-44/h9-26,28-29H,27H2,1-8H3. The quantitative estimate of drug-likeness (QED) is 0.144. The summed E-state index contributed by atoms with van der Waals surface area (Å²) >= 11 is 0.